The second-order valence-corrected chi connectivity index (χ2v) is 3.07. The van der Waals surface area contributed by atoms with Crippen LogP contribution in [0.2, 0.25) is 0 Å². The van der Waals surface area contributed by atoms with Gasteiger partial charge in [0.2, 0.25) is 0 Å². The lowest BCUT2D eigenvalue weighted by Crippen LogP contribution is -1.88. The van der Waals surface area contributed by atoms with E-state index >= 15 is 0 Å². The Balaban J connectivity index is 2.65. The molecular formula is C3H6N4S2. The van der Waals surface area contributed by atoms with Crippen LogP contribution in [0.25, 0.3) is 0 Å². The summed E-state index contributed by atoms with van der Waals surface area (Å²) in [6.45, 7) is 1.96. The standard InChI is InChI=1S/C3H6N4S2/c1-2(9-8)3-4-6-7-5-3/h2,8H,1H3,(H,4,5,6,7). The smallest absolute Gasteiger partial charge is 0.177 e. The Labute approximate surface area is 61.6 Å². The molecule has 0 saturated carbocycles. The molecule has 9 heavy (non-hydrogen) atoms. The normalized spacial score (nSPS) is 13.6. The summed E-state index contributed by atoms with van der Waals surface area (Å²) in [5, 5.41) is 13.5. The van der Waals surface area contributed by atoms with E-state index in [0.29, 0.717) is 5.82 Å². The molecule has 1 rings (SSSR count). The number of aromatic nitrogens is 4. The summed E-state index contributed by atoms with van der Waals surface area (Å²) in [5.41, 5.74) is 0. The van der Waals surface area contributed by atoms with Gasteiger partial charge in [0, 0.05) is 0 Å². The topological polar surface area (TPSA) is 54.5 Å². The van der Waals surface area contributed by atoms with Crippen LogP contribution in [0.15, 0.2) is 0 Å². The number of hydrogen-bond donors (Lipinski definition) is 2. The van der Waals surface area contributed by atoms with Crippen LogP contribution in [-0.2, 0) is 0 Å². The van der Waals surface area contributed by atoms with Gasteiger partial charge in [0.15, 0.2) is 5.82 Å². The van der Waals surface area contributed by atoms with Gasteiger partial charge in [-0.3, -0.25) is 0 Å². The Morgan fingerprint density at radius 1 is 1.78 bits per heavy atom. The summed E-state index contributed by atoms with van der Waals surface area (Å²) in [7, 11) is 1.39. The molecule has 4 nitrogen and oxygen atoms in total. The number of hydrogen-bond acceptors (Lipinski definition) is 5. The van der Waals surface area contributed by atoms with Crippen LogP contribution in [-0.4, -0.2) is 20.6 Å². The summed E-state index contributed by atoms with van der Waals surface area (Å²) < 4.78 is 0. The van der Waals surface area contributed by atoms with Crippen molar-refractivity contribution in [3.63, 3.8) is 0 Å². The molecule has 0 spiro atoms. The van der Waals surface area contributed by atoms with Crippen LogP contribution in [0, 0.1) is 0 Å². The summed E-state index contributed by atoms with van der Waals surface area (Å²) in [4.78, 5) is 0. The fourth-order valence-corrected chi connectivity index (χ4v) is 0.866. The minimum absolute atomic E-state index is 0.201. The van der Waals surface area contributed by atoms with Crippen LogP contribution in [0.5, 0.6) is 0 Å². The third-order valence-electron chi connectivity index (χ3n) is 0.883. The summed E-state index contributed by atoms with van der Waals surface area (Å²) in [6, 6.07) is 0. The zero-order chi connectivity index (χ0) is 6.69. The van der Waals surface area contributed by atoms with E-state index in [1.165, 1.54) is 10.8 Å². The Bertz CT molecular complexity index is 162. The van der Waals surface area contributed by atoms with E-state index in [4.69, 9.17) is 0 Å². The first-order valence-electron chi connectivity index (χ1n) is 2.38. The third kappa shape index (κ3) is 1.59. The van der Waals surface area contributed by atoms with Gasteiger partial charge in [-0.15, -0.1) is 21.9 Å². The first-order valence-corrected chi connectivity index (χ1v) is 4.31. The first kappa shape index (κ1) is 6.88. The Hall–Kier alpha value is -0.230. The van der Waals surface area contributed by atoms with Crippen LogP contribution in [0.1, 0.15) is 18.0 Å². The average Bonchev–Trinajstić information content (AvgIpc) is 2.37. The zero-order valence-corrected chi connectivity index (χ0v) is 6.49. The van der Waals surface area contributed by atoms with E-state index in [2.05, 4.69) is 32.3 Å². The van der Waals surface area contributed by atoms with Crippen LogP contribution < -0.4 is 0 Å². The van der Waals surface area contributed by atoms with Gasteiger partial charge in [-0.25, -0.2) is 0 Å². The molecule has 1 N–H and O–H groups in total. The number of nitrogens with one attached hydrogen (secondary N) is 1. The van der Waals surface area contributed by atoms with Gasteiger partial charge >= 0.3 is 0 Å². The van der Waals surface area contributed by atoms with Crippen LogP contribution >= 0.6 is 22.5 Å². The van der Waals surface area contributed by atoms with Crippen molar-refractivity contribution < 1.29 is 0 Å². The second-order valence-electron chi connectivity index (χ2n) is 1.52. The van der Waals surface area contributed by atoms with Gasteiger partial charge < -0.3 is 0 Å². The molecular weight excluding hydrogens is 156 g/mol. The Morgan fingerprint density at radius 3 is 3.00 bits per heavy atom. The van der Waals surface area contributed by atoms with E-state index in [-0.39, 0.29) is 5.25 Å². The molecule has 6 heteroatoms. The molecule has 0 aliphatic rings. The van der Waals surface area contributed by atoms with Crippen molar-refractivity contribution in [1.82, 2.24) is 20.6 Å². The second kappa shape index (κ2) is 3.07. The van der Waals surface area contributed by atoms with Crippen molar-refractivity contribution >= 4 is 22.5 Å². The largest absolute Gasteiger partial charge is 0.188 e. The fraction of sp³-hybridized carbons (Fsp3) is 0.667. The van der Waals surface area contributed by atoms with Gasteiger partial charge in [0.25, 0.3) is 0 Å². The summed E-state index contributed by atoms with van der Waals surface area (Å²) in [6.07, 6.45) is 0. The number of H-pyrrole nitrogens is 1. The molecule has 0 aliphatic heterocycles. The van der Waals surface area contributed by atoms with Crippen molar-refractivity contribution in [2.75, 3.05) is 0 Å². The van der Waals surface area contributed by atoms with E-state index in [1.54, 1.807) is 0 Å². The summed E-state index contributed by atoms with van der Waals surface area (Å²) in [5.74, 6) is 0.690. The quantitative estimate of drug-likeness (QED) is 0.500. The molecule has 0 aliphatic carbocycles. The molecule has 0 radical (unpaired) electrons. The maximum Gasteiger partial charge on any atom is 0.188 e. The van der Waals surface area contributed by atoms with Gasteiger partial charge in [-0.1, -0.05) is 16.0 Å². The first-order chi connectivity index (χ1) is 4.34. The highest BCUT2D eigenvalue weighted by Gasteiger charge is 2.07. The lowest BCUT2D eigenvalue weighted by Gasteiger charge is -1.96. The molecule has 1 aromatic rings. The fourth-order valence-electron chi connectivity index (χ4n) is 0.389. The molecule has 1 heterocycles. The Kier molecular flexibility index (Phi) is 2.35. The van der Waals surface area contributed by atoms with Gasteiger partial charge in [-0.2, -0.15) is 5.21 Å². The van der Waals surface area contributed by atoms with Gasteiger partial charge in [0.05, 0.1) is 5.25 Å². The number of thiol groups is 1. The molecule has 1 unspecified atom stereocenters. The average molecular weight is 162 g/mol. The molecule has 0 fully saturated rings. The van der Waals surface area contributed by atoms with Crippen LogP contribution in [0.4, 0.5) is 0 Å². The highest BCUT2D eigenvalue weighted by atomic mass is 33.1. The van der Waals surface area contributed by atoms with Gasteiger partial charge in [-0.05, 0) is 6.92 Å². The predicted octanol–water partition coefficient (Wildman–Crippen LogP) is 0.839. The molecule has 50 valence electrons. The van der Waals surface area contributed by atoms with Crippen molar-refractivity contribution in [2.24, 2.45) is 0 Å². The molecule has 0 aromatic carbocycles. The highest BCUT2D eigenvalue weighted by Crippen LogP contribution is 2.26. The van der Waals surface area contributed by atoms with Crippen molar-refractivity contribution in [2.45, 2.75) is 12.2 Å². The third-order valence-corrected chi connectivity index (χ3v) is 2.36. The van der Waals surface area contributed by atoms with Crippen LogP contribution in [0.3, 0.4) is 0 Å². The summed E-state index contributed by atoms with van der Waals surface area (Å²) >= 11 is 4.00. The van der Waals surface area contributed by atoms with E-state index in [0.717, 1.165) is 0 Å². The number of tetrazole rings is 1. The molecule has 0 amide bonds. The number of nitrogens with zero attached hydrogens (tertiary/aromatic N) is 3. The minimum atomic E-state index is 0.201. The SMILES string of the molecule is CC(SS)c1nn[nH]n1. The van der Waals surface area contributed by atoms with Crippen molar-refractivity contribution in [3.8, 4) is 0 Å². The number of rotatable bonds is 2. The molecule has 0 saturated heterocycles. The zero-order valence-electron chi connectivity index (χ0n) is 4.77. The molecule has 0 bridgehead atoms. The highest BCUT2D eigenvalue weighted by molar-refractivity contribution is 8.68. The van der Waals surface area contributed by atoms with E-state index < -0.39 is 0 Å². The van der Waals surface area contributed by atoms with Crippen molar-refractivity contribution in [3.05, 3.63) is 5.82 Å². The number of aromatic amines is 1. The minimum Gasteiger partial charge on any atom is -0.177 e. The molecule has 1 aromatic heterocycles. The lowest BCUT2D eigenvalue weighted by atomic mass is 10.5. The van der Waals surface area contributed by atoms with E-state index in [9.17, 15) is 0 Å². The molecule has 1 atom stereocenters. The van der Waals surface area contributed by atoms with E-state index in [1.807, 2.05) is 6.92 Å². The van der Waals surface area contributed by atoms with Gasteiger partial charge in [0.1, 0.15) is 0 Å². The lowest BCUT2D eigenvalue weighted by molar-refractivity contribution is 0.881. The maximum absolute atomic E-state index is 4.00. The maximum atomic E-state index is 4.00. The Morgan fingerprint density at radius 2 is 2.56 bits per heavy atom. The van der Waals surface area contributed by atoms with Crippen molar-refractivity contribution in [1.29, 1.82) is 0 Å². The predicted molar refractivity (Wildman–Crippen MR) is 39.2 cm³/mol. The monoisotopic (exact) mass is 162 g/mol.